The van der Waals surface area contributed by atoms with Crippen LogP contribution < -0.4 is 0 Å². The lowest BCUT2D eigenvalue weighted by atomic mass is 10.2. The summed E-state index contributed by atoms with van der Waals surface area (Å²) in [7, 11) is 0. The molecule has 1 aliphatic carbocycles. The first-order valence-electron chi connectivity index (χ1n) is 4.05. The zero-order valence-corrected chi connectivity index (χ0v) is 7.42. The fourth-order valence-corrected chi connectivity index (χ4v) is 2.11. The minimum Gasteiger partial charge on any atom is -0.393 e. The van der Waals surface area contributed by atoms with Crippen molar-refractivity contribution in [3.05, 3.63) is 16.1 Å². The number of aliphatic hydroxyl groups excluding tert-OH is 2. The van der Waals surface area contributed by atoms with Gasteiger partial charge in [0.2, 0.25) is 0 Å². The Labute approximate surface area is 74.7 Å². The second-order valence-electron chi connectivity index (χ2n) is 3.07. The van der Waals surface area contributed by atoms with Gasteiger partial charge in [0.25, 0.3) is 0 Å². The maximum Gasteiger partial charge on any atom is 0.113 e. The van der Waals surface area contributed by atoms with Crippen LogP contribution in [-0.2, 0) is 0 Å². The monoisotopic (exact) mass is 185 g/mol. The van der Waals surface area contributed by atoms with Crippen LogP contribution in [0, 0.1) is 0 Å². The Bertz CT molecular complexity index is 270. The third-order valence-electron chi connectivity index (χ3n) is 2.06. The van der Waals surface area contributed by atoms with Crippen LogP contribution in [0.25, 0.3) is 0 Å². The molecule has 1 aromatic heterocycles. The van der Waals surface area contributed by atoms with E-state index in [0.717, 1.165) is 10.6 Å². The molecule has 1 saturated carbocycles. The predicted molar refractivity (Wildman–Crippen MR) is 46.1 cm³/mol. The van der Waals surface area contributed by atoms with Crippen LogP contribution in [0.3, 0.4) is 0 Å². The van der Waals surface area contributed by atoms with E-state index in [1.54, 1.807) is 5.51 Å². The number of hydrogen-bond donors (Lipinski definition) is 2. The lowest BCUT2D eigenvalue weighted by Crippen LogP contribution is -2.02. The normalized spacial score (nSPS) is 19.5. The van der Waals surface area contributed by atoms with E-state index in [2.05, 4.69) is 4.98 Å². The zero-order valence-electron chi connectivity index (χ0n) is 6.60. The number of aromatic nitrogens is 1. The maximum atomic E-state index is 9.40. The summed E-state index contributed by atoms with van der Waals surface area (Å²) in [6, 6.07) is 0. The SMILES string of the molecule is OCC(O)c1scnc1C1CC1. The summed E-state index contributed by atoms with van der Waals surface area (Å²) in [6.45, 7) is -0.206. The molecule has 66 valence electrons. The Morgan fingerprint density at radius 3 is 3.00 bits per heavy atom. The number of hydrogen-bond acceptors (Lipinski definition) is 4. The molecular formula is C8H11NO2S. The van der Waals surface area contributed by atoms with Crippen LogP contribution in [0.2, 0.25) is 0 Å². The largest absolute Gasteiger partial charge is 0.393 e. The summed E-state index contributed by atoms with van der Waals surface area (Å²) >= 11 is 1.43. The molecule has 1 aromatic rings. The van der Waals surface area contributed by atoms with E-state index in [0.29, 0.717) is 5.92 Å². The Hall–Kier alpha value is -0.450. The van der Waals surface area contributed by atoms with Crippen molar-refractivity contribution in [1.82, 2.24) is 4.98 Å². The molecule has 0 aliphatic heterocycles. The van der Waals surface area contributed by atoms with E-state index < -0.39 is 6.10 Å². The molecule has 4 heteroatoms. The standard InChI is InChI=1S/C8H11NO2S/c10-3-6(11)8-7(5-1-2-5)9-4-12-8/h4-6,10-11H,1-3H2. The fourth-order valence-electron chi connectivity index (χ4n) is 1.26. The van der Waals surface area contributed by atoms with E-state index in [1.165, 1.54) is 24.2 Å². The molecule has 1 heterocycles. The number of thiazole rings is 1. The topological polar surface area (TPSA) is 53.4 Å². The summed E-state index contributed by atoms with van der Waals surface area (Å²) in [6.07, 6.45) is 1.62. The van der Waals surface area contributed by atoms with Crippen molar-refractivity contribution in [2.24, 2.45) is 0 Å². The summed E-state index contributed by atoms with van der Waals surface area (Å²) in [5.41, 5.74) is 2.74. The Morgan fingerprint density at radius 1 is 1.67 bits per heavy atom. The van der Waals surface area contributed by atoms with E-state index in [4.69, 9.17) is 5.11 Å². The molecule has 3 nitrogen and oxygen atoms in total. The van der Waals surface area contributed by atoms with Crippen molar-refractivity contribution in [2.75, 3.05) is 6.61 Å². The molecule has 1 fully saturated rings. The Kier molecular flexibility index (Phi) is 2.12. The molecule has 0 aromatic carbocycles. The number of nitrogens with zero attached hydrogens (tertiary/aromatic N) is 1. The van der Waals surface area contributed by atoms with Gasteiger partial charge in [0.05, 0.1) is 22.7 Å². The highest BCUT2D eigenvalue weighted by Crippen LogP contribution is 2.43. The van der Waals surface area contributed by atoms with Crippen molar-refractivity contribution in [3.63, 3.8) is 0 Å². The highest BCUT2D eigenvalue weighted by Gasteiger charge is 2.30. The molecule has 0 bridgehead atoms. The van der Waals surface area contributed by atoms with Gasteiger partial charge in [-0.25, -0.2) is 4.98 Å². The van der Waals surface area contributed by atoms with Gasteiger partial charge in [0.1, 0.15) is 6.10 Å². The molecule has 1 atom stereocenters. The van der Waals surface area contributed by atoms with Gasteiger partial charge >= 0.3 is 0 Å². The molecule has 2 N–H and O–H groups in total. The molecule has 1 aliphatic rings. The molecule has 2 rings (SSSR count). The van der Waals surface area contributed by atoms with Gasteiger partial charge in [0, 0.05) is 5.92 Å². The minimum absolute atomic E-state index is 0.206. The highest BCUT2D eigenvalue weighted by atomic mass is 32.1. The van der Waals surface area contributed by atoms with Crippen molar-refractivity contribution in [1.29, 1.82) is 0 Å². The Balaban J connectivity index is 2.23. The van der Waals surface area contributed by atoms with Gasteiger partial charge in [-0.1, -0.05) is 0 Å². The molecule has 12 heavy (non-hydrogen) atoms. The quantitative estimate of drug-likeness (QED) is 0.740. The zero-order chi connectivity index (χ0) is 8.55. The van der Waals surface area contributed by atoms with Gasteiger partial charge in [-0.2, -0.15) is 0 Å². The second kappa shape index (κ2) is 3.12. The average molecular weight is 185 g/mol. The maximum absolute atomic E-state index is 9.40. The first-order chi connectivity index (χ1) is 5.83. The van der Waals surface area contributed by atoms with Crippen molar-refractivity contribution >= 4 is 11.3 Å². The lowest BCUT2D eigenvalue weighted by molar-refractivity contribution is 0.0975. The molecule has 0 saturated heterocycles. The van der Waals surface area contributed by atoms with Crippen molar-refractivity contribution < 1.29 is 10.2 Å². The van der Waals surface area contributed by atoms with Crippen LogP contribution in [0.15, 0.2) is 5.51 Å². The van der Waals surface area contributed by atoms with Gasteiger partial charge in [0.15, 0.2) is 0 Å². The van der Waals surface area contributed by atoms with E-state index >= 15 is 0 Å². The molecule has 1 unspecified atom stereocenters. The van der Waals surface area contributed by atoms with E-state index in [9.17, 15) is 5.11 Å². The van der Waals surface area contributed by atoms with E-state index in [1.807, 2.05) is 0 Å². The smallest absolute Gasteiger partial charge is 0.113 e. The van der Waals surface area contributed by atoms with Crippen LogP contribution in [-0.4, -0.2) is 21.8 Å². The first kappa shape index (κ1) is 8.16. The third kappa shape index (κ3) is 1.37. The lowest BCUT2D eigenvalue weighted by Gasteiger charge is -2.05. The van der Waals surface area contributed by atoms with Crippen LogP contribution in [0.5, 0.6) is 0 Å². The van der Waals surface area contributed by atoms with Gasteiger partial charge in [-0.3, -0.25) is 0 Å². The van der Waals surface area contributed by atoms with Crippen LogP contribution in [0.1, 0.15) is 35.4 Å². The van der Waals surface area contributed by atoms with E-state index in [-0.39, 0.29) is 6.61 Å². The summed E-state index contributed by atoms with van der Waals surface area (Å²) in [5, 5.41) is 18.2. The van der Waals surface area contributed by atoms with Crippen LogP contribution >= 0.6 is 11.3 Å². The Morgan fingerprint density at radius 2 is 2.42 bits per heavy atom. The summed E-state index contributed by atoms with van der Waals surface area (Å²) in [4.78, 5) is 5.04. The van der Waals surface area contributed by atoms with Gasteiger partial charge in [-0.15, -0.1) is 11.3 Å². The van der Waals surface area contributed by atoms with Gasteiger partial charge in [-0.05, 0) is 12.8 Å². The van der Waals surface area contributed by atoms with Crippen LogP contribution in [0.4, 0.5) is 0 Å². The van der Waals surface area contributed by atoms with Gasteiger partial charge < -0.3 is 10.2 Å². The molecular weight excluding hydrogens is 174 g/mol. The fraction of sp³-hybridized carbons (Fsp3) is 0.625. The molecule has 0 amide bonds. The number of rotatable bonds is 3. The molecule has 0 spiro atoms. The third-order valence-corrected chi connectivity index (χ3v) is 3.01. The molecule has 0 radical (unpaired) electrons. The van der Waals surface area contributed by atoms with Crippen molar-refractivity contribution in [2.45, 2.75) is 24.9 Å². The average Bonchev–Trinajstić information content (AvgIpc) is 2.83. The number of aliphatic hydroxyl groups is 2. The predicted octanol–water partition coefficient (Wildman–Crippen LogP) is 1.05. The summed E-state index contributed by atoms with van der Waals surface area (Å²) < 4.78 is 0. The summed E-state index contributed by atoms with van der Waals surface area (Å²) in [5.74, 6) is 0.549. The van der Waals surface area contributed by atoms with Crippen molar-refractivity contribution in [3.8, 4) is 0 Å². The first-order valence-corrected chi connectivity index (χ1v) is 4.93. The second-order valence-corrected chi connectivity index (χ2v) is 3.96. The highest BCUT2D eigenvalue weighted by molar-refractivity contribution is 7.09. The minimum atomic E-state index is -0.729.